The molecule has 2 aromatic rings. The van der Waals surface area contributed by atoms with E-state index in [1.807, 2.05) is 0 Å². The van der Waals surface area contributed by atoms with Crippen molar-refractivity contribution in [2.45, 2.75) is 12.7 Å². The summed E-state index contributed by atoms with van der Waals surface area (Å²) in [5, 5.41) is 14.2. The van der Waals surface area contributed by atoms with Gasteiger partial charge in [0.2, 0.25) is 0 Å². The summed E-state index contributed by atoms with van der Waals surface area (Å²) in [4.78, 5) is 0. The molecule has 0 bridgehead atoms. The van der Waals surface area contributed by atoms with Gasteiger partial charge in [-0.15, -0.1) is 26.3 Å². The molecule has 2 N–H and O–H groups in total. The van der Waals surface area contributed by atoms with Crippen LogP contribution in [0.4, 0.5) is 26.3 Å². The molecule has 0 unspecified atom stereocenters. The molecule has 4 nitrogen and oxygen atoms in total. The van der Waals surface area contributed by atoms with Crippen molar-refractivity contribution in [3.63, 3.8) is 0 Å². The van der Waals surface area contributed by atoms with Crippen molar-refractivity contribution >= 4 is 23.6 Å². The first-order chi connectivity index (χ1) is 12.0. The molecular weight excluding hydrogens is 437 g/mol. The van der Waals surface area contributed by atoms with Gasteiger partial charge in [-0.05, 0) is 36.4 Å². The van der Waals surface area contributed by atoms with E-state index in [0.717, 1.165) is 0 Å². The van der Waals surface area contributed by atoms with E-state index in [4.69, 9.17) is 10.0 Å². The highest BCUT2D eigenvalue weighted by Gasteiger charge is 2.31. The minimum atomic E-state index is -4.62. The summed E-state index contributed by atoms with van der Waals surface area (Å²) in [6.07, 6.45) is -9.21. The molecule has 0 spiro atoms. The number of halogens is 7. The Kier molecular flexibility index (Phi) is 10.8. The zero-order chi connectivity index (χ0) is 20.2. The van der Waals surface area contributed by atoms with Gasteiger partial charge in [-0.3, -0.25) is 0 Å². The third-order valence-electron chi connectivity index (χ3n) is 2.02. The maximum Gasteiger partial charge on any atom is 0.573 e. The quantitative estimate of drug-likeness (QED) is 0.534. The first-order valence-corrected chi connectivity index (χ1v) is 7.30. The van der Waals surface area contributed by atoms with Crippen LogP contribution in [-0.2, 0) is 0 Å². The summed E-state index contributed by atoms with van der Waals surface area (Å²) in [5.74, 6) is -0.411. The van der Waals surface area contributed by atoms with E-state index in [0.29, 0.717) is 4.47 Å². The lowest BCUT2D eigenvalue weighted by atomic mass is 10.3. The van der Waals surface area contributed by atoms with Crippen molar-refractivity contribution in [3.05, 3.63) is 59.1 Å². The van der Waals surface area contributed by atoms with Crippen LogP contribution < -0.4 is 9.47 Å². The van der Waals surface area contributed by atoms with Crippen molar-refractivity contribution < 1.29 is 45.9 Å². The molecule has 0 amide bonds. The molecule has 0 fully saturated rings. The smallest absolute Gasteiger partial charge is 0.430 e. The van der Waals surface area contributed by atoms with Crippen LogP contribution in [0.3, 0.4) is 0 Å². The summed E-state index contributed by atoms with van der Waals surface area (Å²) < 4.78 is 77.3. The lowest BCUT2D eigenvalue weighted by molar-refractivity contribution is -0.275. The predicted molar refractivity (Wildman–Crippen MR) is 85.5 cm³/mol. The molecule has 0 aliphatic rings. The Morgan fingerprint density at radius 1 is 0.692 bits per heavy atom. The lowest BCUT2D eigenvalue weighted by Gasteiger charge is -2.07. The van der Waals surface area contributed by atoms with Gasteiger partial charge in [-0.2, -0.15) is 0 Å². The first-order valence-electron chi connectivity index (χ1n) is 6.50. The summed E-state index contributed by atoms with van der Waals surface area (Å²) in [6, 6.07) is 12.5. The predicted octanol–water partition coefficient (Wildman–Crippen LogP) is 4.17. The normalized spacial score (nSPS) is 10.5. The Balaban J connectivity index is 0.000000419. The van der Waals surface area contributed by atoms with Crippen LogP contribution in [-0.4, -0.2) is 30.5 Å². The number of benzene rings is 2. The van der Waals surface area contributed by atoms with Crippen molar-refractivity contribution in [2.24, 2.45) is 0 Å². The second kappa shape index (κ2) is 11.7. The van der Waals surface area contributed by atoms with Gasteiger partial charge in [-0.25, -0.2) is 0 Å². The average Bonchev–Trinajstić information content (AvgIpc) is 2.49. The van der Waals surface area contributed by atoms with Crippen molar-refractivity contribution in [3.8, 4) is 11.5 Å². The van der Waals surface area contributed by atoms with Gasteiger partial charge in [0.05, 0.1) is 0 Å². The summed E-state index contributed by atoms with van der Waals surface area (Å²) in [5.41, 5.74) is 0. The third-order valence-corrected chi connectivity index (χ3v) is 2.55. The lowest BCUT2D eigenvalue weighted by Crippen LogP contribution is -2.16. The number of ether oxygens (including phenoxy) is 2. The Morgan fingerprint density at radius 2 is 1.04 bits per heavy atom. The molecule has 26 heavy (non-hydrogen) atoms. The van der Waals surface area contributed by atoms with Crippen LogP contribution >= 0.6 is 15.9 Å². The largest absolute Gasteiger partial charge is 0.573 e. The molecule has 2 rings (SSSR count). The average molecular weight is 449 g/mol. The fourth-order valence-corrected chi connectivity index (χ4v) is 1.52. The Labute approximate surface area is 153 Å². The third kappa shape index (κ3) is 14.4. The SMILES string of the molecule is FC(F)(F)Oc1ccc(Br)cc1.FC(F)(F)Oc1ccccc1.OBO. The van der Waals surface area contributed by atoms with E-state index in [1.165, 1.54) is 48.5 Å². The summed E-state index contributed by atoms with van der Waals surface area (Å²) in [7, 11) is -0.750. The van der Waals surface area contributed by atoms with Crippen LogP contribution in [0, 0.1) is 0 Å². The Bertz CT molecular complexity index is 608. The van der Waals surface area contributed by atoms with Gasteiger partial charge in [0.1, 0.15) is 11.5 Å². The van der Waals surface area contributed by atoms with Crippen LogP contribution in [0.5, 0.6) is 11.5 Å². The topological polar surface area (TPSA) is 58.9 Å². The standard InChI is InChI=1S/C7H4BrF3O.C7H5F3O.BH3O2/c8-5-1-3-6(4-2-5)12-7(9,10)11;8-7(9,10)11-6-4-2-1-3-5-6;2-1-3/h1-4H;1-5H;1-3H. The van der Waals surface area contributed by atoms with Gasteiger partial charge in [-0.1, -0.05) is 34.1 Å². The molecule has 0 aromatic heterocycles. The van der Waals surface area contributed by atoms with Crippen molar-refractivity contribution in [2.75, 3.05) is 0 Å². The molecular formula is C14H12BBrF6O4. The van der Waals surface area contributed by atoms with Crippen molar-refractivity contribution in [1.82, 2.24) is 0 Å². The fraction of sp³-hybridized carbons (Fsp3) is 0.143. The summed E-state index contributed by atoms with van der Waals surface area (Å²) in [6.45, 7) is 0. The second-order valence-corrected chi connectivity index (χ2v) is 4.92. The number of alkyl halides is 6. The molecule has 0 heterocycles. The number of rotatable bonds is 2. The zero-order valence-electron chi connectivity index (χ0n) is 12.8. The maximum atomic E-state index is 11.6. The fourth-order valence-electron chi connectivity index (χ4n) is 1.26. The molecule has 0 atom stereocenters. The van der Waals surface area contributed by atoms with Crippen LogP contribution in [0.25, 0.3) is 0 Å². The first kappa shape index (κ1) is 24.1. The Hall–Kier alpha value is -1.92. The monoisotopic (exact) mass is 448 g/mol. The molecule has 0 radical (unpaired) electrons. The molecule has 2 aromatic carbocycles. The van der Waals surface area contributed by atoms with E-state index in [9.17, 15) is 26.3 Å². The van der Waals surface area contributed by atoms with Crippen LogP contribution in [0.15, 0.2) is 59.1 Å². The highest BCUT2D eigenvalue weighted by atomic mass is 79.9. The van der Waals surface area contributed by atoms with E-state index in [-0.39, 0.29) is 11.5 Å². The molecule has 144 valence electrons. The molecule has 0 aliphatic carbocycles. The van der Waals surface area contributed by atoms with Crippen molar-refractivity contribution in [1.29, 1.82) is 0 Å². The number of hydrogen-bond acceptors (Lipinski definition) is 4. The van der Waals surface area contributed by atoms with E-state index in [1.54, 1.807) is 6.07 Å². The van der Waals surface area contributed by atoms with Gasteiger partial charge >= 0.3 is 20.4 Å². The number of hydrogen-bond donors (Lipinski definition) is 2. The van der Waals surface area contributed by atoms with Gasteiger partial charge in [0.15, 0.2) is 0 Å². The highest BCUT2D eigenvalue weighted by Crippen LogP contribution is 2.24. The molecule has 12 heteroatoms. The van der Waals surface area contributed by atoms with E-state index >= 15 is 0 Å². The highest BCUT2D eigenvalue weighted by molar-refractivity contribution is 9.10. The number of para-hydroxylation sites is 1. The van der Waals surface area contributed by atoms with Crippen LogP contribution in [0.2, 0.25) is 0 Å². The van der Waals surface area contributed by atoms with Gasteiger partial charge in [0.25, 0.3) is 0 Å². The van der Waals surface area contributed by atoms with E-state index < -0.39 is 20.4 Å². The van der Waals surface area contributed by atoms with Crippen LogP contribution in [0.1, 0.15) is 0 Å². The van der Waals surface area contributed by atoms with E-state index in [2.05, 4.69) is 25.4 Å². The Morgan fingerprint density at radius 3 is 1.38 bits per heavy atom. The van der Waals surface area contributed by atoms with Gasteiger partial charge in [0, 0.05) is 4.47 Å². The zero-order valence-corrected chi connectivity index (χ0v) is 14.3. The summed E-state index contributed by atoms with van der Waals surface area (Å²) >= 11 is 3.09. The maximum absolute atomic E-state index is 11.6. The molecule has 0 saturated heterocycles. The minimum absolute atomic E-state index is 0.194. The minimum Gasteiger partial charge on any atom is -0.430 e. The second-order valence-electron chi connectivity index (χ2n) is 4.00. The van der Waals surface area contributed by atoms with Gasteiger partial charge < -0.3 is 19.5 Å². The molecule has 0 aliphatic heterocycles. The molecule has 0 saturated carbocycles.